The first kappa shape index (κ1) is 28.4. The molecule has 2 aromatic heterocycles. The summed E-state index contributed by atoms with van der Waals surface area (Å²) in [5.74, 6) is 0. The molecule has 2 heterocycles. The van der Waals surface area contributed by atoms with Crippen molar-refractivity contribution in [3.63, 3.8) is 0 Å². The van der Waals surface area contributed by atoms with Crippen molar-refractivity contribution in [1.29, 1.82) is 0 Å². The van der Waals surface area contributed by atoms with Crippen molar-refractivity contribution >= 4 is 43.6 Å². The zero-order valence-electron chi connectivity index (χ0n) is 27.4. The molecule has 2 heteroatoms. The first-order valence-corrected chi connectivity index (χ1v) is 17.2. The van der Waals surface area contributed by atoms with E-state index >= 15 is 0 Å². The molecule has 0 unspecified atom stereocenters. The molecule has 0 bridgehead atoms. The minimum Gasteiger partial charge on any atom is -0.309 e. The minimum absolute atomic E-state index is 1.15. The predicted octanol–water partition coefficient (Wildman–Crippen LogP) is 12.9. The van der Waals surface area contributed by atoms with Crippen molar-refractivity contribution in [2.45, 2.75) is 0 Å². The van der Waals surface area contributed by atoms with E-state index in [1.807, 2.05) is 0 Å². The Morgan fingerprint density at radius 1 is 0.260 bits per heavy atom. The van der Waals surface area contributed by atoms with E-state index in [1.54, 1.807) is 0 Å². The lowest BCUT2D eigenvalue weighted by atomic mass is 10.00. The van der Waals surface area contributed by atoms with Gasteiger partial charge in [-0.3, -0.25) is 0 Å². The highest BCUT2D eigenvalue weighted by Crippen LogP contribution is 2.43. The molecule has 0 aliphatic heterocycles. The average Bonchev–Trinajstić information content (AvgIpc) is 3.71. The lowest BCUT2D eigenvalue weighted by Crippen LogP contribution is -1.96. The summed E-state index contributed by atoms with van der Waals surface area (Å²) in [5, 5.41) is 5.01. The van der Waals surface area contributed by atoms with Crippen molar-refractivity contribution in [1.82, 2.24) is 9.13 Å². The van der Waals surface area contributed by atoms with Gasteiger partial charge in [0.15, 0.2) is 0 Å². The maximum absolute atomic E-state index is 2.48. The van der Waals surface area contributed by atoms with Crippen LogP contribution in [0.25, 0.3) is 88.4 Å². The van der Waals surface area contributed by atoms with E-state index < -0.39 is 0 Å². The summed E-state index contributed by atoms with van der Waals surface area (Å²) in [7, 11) is 0. The van der Waals surface area contributed by atoms with Crippen molar-refractivity contribution in [2.75, 3.05) is 0 Å². The summed E-state index contributed by atoms with van der Waals surface area (Å²) >= 11 is 0. The standard InChI is InChI=1S/C48H32N2/c1-4-13-33(14-5-1)35-23-25-36(26-24-35)37-17-12-20-40(31-37)50-44-22-11-10-21-41(44)42-29-30-45-47(48(42)50)43-28-27-38(34-15-6-2-7-16-34)32-46(43)49(45)39-18-8-3-9-19-39/h1-32H. The number of hydrogen-bond donors (Lipinski definition) is 0. The van der Waals surface area contributed by atoms with Crippen molar-refractivity contribution in [3.8, 4) is 44.8 Å². The van der Waals surface area contributed by atoms with E-state index in [2.05, 4.69) is 203 Å². The van der Waals surface area contributed by atoms with Crippen LogP contribution in [0.4, 0.5) is 0 Å². The largest absolute Gasteiger partial charge is 0.309 e. The van der Waals surface area contributed by atoms with Gasteiger partial charge in [0.25, 0.3) is 0 Å². The van der Waals surface area contributed by atoms with Crippen LogP contribution >= 0.6 is 0 Å². The molecule has 50 heavy (non-hydrogen) atoms. The molecule has 0 spiro atoms. The molecule has 0 fully saturated rings. The monoisotopic (exact) mass is 636 g/mol. The molecular formula is C48H32N2. The molecule has 2 nitrogen and oxygen atoms in total. The van der Waals surface area contributed by atoms with Crippen molar-refractivity contribution in [2.24, 2.45) is 0 Å². The van der Waals surface area contributed by atoms with Crippen LogP contribution in [-0.4, -0.2) is 9.13 Å². The zero-order chi connectivity index (χ0) is 33.0. The van der Waals surface area contributed by atoms with Gasteiger partial charge in [0.05, 0.1) is 22.1 Å². The summed E-state index contributed by atoms with van der Waals surface area (Å²) in [6.45, 7) is 0. The molecule has 8 aromatic carbocycles. The van der Waals surface area contributed by atoms with Crippen LogP contribution in [0.5, 0.6) is 0 Å². The average molecular weight is 637 g/mol. The normalized spacial score (nSPS) is 11.6. The number of aromatic nitrogens is 2. The van der Waals surface area contributed by atoms with Crippen LogP contribution in [0.3, 0.4) is 0 Å². The number of para-hydroxylation sites is 2. The predicted molar refractivity (Wildman–Crippen MR) is 211 cm³/mol. The minimum atomic E-state index is 1.15. The first-order chi connectivity index (χ1) is 24.8. The first-order valence-electron chi connectivity index (χ1n) is 17.2. The lowest BCUT2D eigenvalue weighted by Gasteiger charge is -2.12. The second-order valence-corrected chi connectivity index (χ2v) is 13.0. The second kappa shape index (κ2) is 11.5. The van der Waals surface area contributed by atoms with E-state index in [9.17, 15) is 0 Å². The Hall–Kier alpha value is -6.64. The summed E-state index contributed by atoms with van der Waals surface area (Å²) in [6, 6.07) is 70.3. The van der Waals surface area contributed by atoms with Gasteiger partial charge in [-0.2, -0.15) is 0 Å². The van der Waals surface area contributed by atoms with E-state index in [0.29, 0.717) is 0 Å². The number of nitrogens with zero attached hydrogens (tertiary/aromatic N) is 2. The molecule has 0 saturated heterocycles. The highest BCUT2D eigenvalue weighted by Gasteiger charge is 2.21. The van der Waals surface area contributed by atoms with Gasteiger partial charge in [-0.25, -0.2) is 0 Å². The summed E-state index contributed by atoms with van der Waals surface area (Å²) in [5.41, 5.74) is 14.4. The maximum atomic E-state index is 2.48. The third-order valence-corrected chi connectivity index (χ3v) is 10.1. The van der Waals surface area contributed by atoms with Crippen LogP contribution < -0.4 is 0 Å². The molecule has 234 valence electrons. The van der Waals surface area contributed by atoms with Gasteiger partial charge in [0.1, 0.15) is 0 Å². The Morgan fingerprint density at radius 3 is 1.52 bits per heavy atom. The molecule has 0 amide bonds. The number of hydrogen-bond acceptors (Lipinski definition) is 0. The van der Waals surface area contributed by atoms with Gasteiger partial charge in [0, 0.05) is 32.9 Å². The molecule has 0 atom stereocenters. The highest BCUT2D eigenvalue weighted by molar-refractivity contribution is 6.26. The van der Waals surface area contributed by atoms with Gasteiger partial charge in [-0.1, -0.05) is 152 Å². The molecule has 0 aliphatic rings. The fourth-order valence-electron chi connectivity index (χ4n) is 7.80. The van der Waals surface area contributed by atoms with Crippen LogP contribution in [0, 0.1) is 0 Å². The third-order valence-electron chi connectivity index (χ3n) is 10.1. The van der Waals surface area contributed by atoms with Crippen molar-refractivity contribution in [3.05, 3.63) is 194 Å². The molecule has 10 aromatic rings. The zero-order valence-corrected chi connectivity index (χ0v) is 27.4. The number of benzene rings is 8. The molecule has 10 rings (SSSR count). The van der Waals surface area contributed by atoms with E-state index in [4.69, 9.17) is 0 Å². The maximum Gasteiger partial charge on any atom is 0.0641 e. The van der Waals surface area contributed by atoms with Gasteiger partial charge >= 0.3 is 0 Å². The lowest BCUT2D eigenvalue weighted by molar-refractivity contribution is 1.17. The third kappa shape index (κ3) is 4.50. The highest BCUT2D eigenvalue weighted by atomic mass is 15.0. The van der Waals surface area contributed by atoms with Crippen LogP contribution in [0.15, 0.2) is 194 Å². The molecule has 0 radical (unpaired) electrons. The Bertz CT molecular complexity index is 2820. The second-order valence-electron chi connectivity index (χ2n) is 13.0. The smallest absolute Gasteiger partial charge is 0.0641 e. The number of fused-ring (bicyclic) bond motifs is 7. The van der Waals surface area contributed by atoms with Gasteiger partial charge < -0.3 is 9.13 Å². The molecule has 0 N–H and O–H groups in total. The van der Waals surface area contributed by atoms with Crippen LogP contribution in [0.2, 0.25) is 0 Å². The van der Waals surface area contributed by atoms with Gasteiger partial charge in [0.2, 0.25) is 0 Å². The number of rotatable bonds is 5. The fraction of sp³-hybridized carbons (Fsp3) is 0. The molecule has 0 saturated carbocycles. The summed E-state index contributed by atoms with van der Waals surface area (Å²) < 4.78 is 4.91. The van der Waals surface area contributed by atoms with E-state index in [1.165, 1.54) is 77.0 Å². The van der Waals surface area contributed by atoms with Crippen molar-refractivity contribution < 1.29 is 0 Å². The SMILES string of the molecule is c1ccc(-c2ccc(-c3cccc(-n4c5ccccc5c5ccc6c(c7ccc(-c8ccccc8)cc7n6-c6ccccc6)c54)c3)cc2)cc1. The topological polar surface area (TPSA) is 9.86 Å². The molecule has 0 aliphatic carbocycles. The Morgan fingerprint density at radius 2 is 0.780 bits per heavy atom. The van der Waals surface area contributed by atoms with Crippen LogP contribution in [-0.2, 0) is 0 Å². The van der Waals surface area contributed by atoms with Gasteiger partial charge in [-0.05, 0) is 75.8 Å². The van der Waals surface area contributed by atoms with E-state index in [-0.39, 0.29) is 0 Å². The Labute approximate surface area is 290 Å². The Kier molecular flexibility index (Phi) is 6.53. The summed E-state index contributed by atoms with van der Waals surface area (Å²) in [6.07, 6.45) is 0. The van der Waals surface area contributed by atoms with Crippen LogP contribution in [0.1, 0.15) is 0 Å². The molecular weight excluding hydrogens is 605 g/mol. The fourth-order valence-corrected chi connectivity index (χ4v) is 7.80. The van der Waals surface area contributed by atoms with E-state index in [0.717, 1.165) is 11.4 Å². The summed E-state index contributed by atoms with van der Waals surface area (Å²) in [4.78, 5) is 0. The Balaban J connectivity index is 1.24. The quantitative estimate of drug-likeness (QED) is 0.178. The van der Waals surface area contributed by atoms with Gasteiger partial charge in [-0.15, -0.1) is 0 Å².